The van der Waals surface area contributed by atoms with Gasteiger partial charge in [0.05, 0.1) is 11.2 Å². The van der Waals surface area contributed by atoms with Gasteiger partial charge in [-0.05, 0) is 42.8 Å². The number of fused-ring (bicyclic) bond motifs is 1. The van der Waals surface area contributed by atoms with Gasteiger partial charge < -0.3 is 5.32 Å². The van der Waals surface area contributed by atoms with E-state index in [1.165, 1.54) is 6.08 Å². The number of nitrogens with zero attached hydrogens (tertiary/aromatic N) is 1. The van der Waals surface area contributed by atoms with Crippen molar-refractivity contribution in [2.45, 2.75) is 6.92 Å². The molecule has 0 atom stereocenters. The van der Waals surface area contributed by atoms with Crippen molar-refractivity contribution in [3.63, 3.8) is 0 Å². The Balaban J connectivity index is 1.77. The summed E-state index contributed by atoms with van der Waals surface area (Å²) in [7, 11) is 0. The molecule has 3 nitrogen and oxygen atoms in total. The topological polar surface area (TPSA) is 42.0 Å². The smallest absolute Gasteiger partial charge is 0.248 e. The number of carbonyl (C=O) groups is 1. The number of hydrogen-bond donors (Lipinski definition) is 1. The highest BCUT2D eigenvalue weighted by Gasteiger charge is 2.01. The third-order valence-corrected chi connectivity index (χ3v) is 3.72. The number of benzene rings is 2. The molecule has 0 saturated carbocycles. The predicted molar refractivity (Wildman–Crippen MR) is 95.6 cm³/mol. The number of pyridine rings is 1. The van der Waals surface area contributed by atoms with Crippen LogP contribution in [0, 0.1) is 6.92 Å². The minimum absolute atomic E-state index is 0.188. The fourth-order valence-corrected chi connectivity index (χ4v) is 2.41. The molecule has 0 bridgehead atoms. The SMILES string of the molecule is Cc1ccccc1NC(=O)/C=C/c1ccc2ccc(Cl)cc2n1. The number of aromatic nitrogens is 1. The monoisotopic (exact) mass is 322 g/mol. The van der Waals surface area contributed by atoms with Gasteiger partial charge in [-0.15, -0.1) is 0 Å². The highest BCUT2D eigenvalue weighted by atomic mass is 35.5. The molecule has 23 heavy (non-hydrogen) atoms. The first-order chi connectivity index (χ1) is 11.1. The van der Waals surface area contributed by atoms with Crippen LogP contribution < -0.4 is 5.32 Å². The average Bonchev–Trinajstić information content (AvgIpc) is 2.54. The van der Waals surface area contributed by atoms with Gasteiger partial charge in [0.15, 0.2) is 0 Å². The molecule has 3 rings (SSSR count). The summed E-state index contributed by atoms with van der Waals surface area (Å²) in [5.74, 6) is -0.188. The lowest BCUT2D eigenvalue weighted by atomic mass is 10.2. The normalized spacial score (nSPS) is 11.0. The van der Waals surface area contributed by atoms with Gasteiger partial charge in [0.2, 0.25) is 5.91 Å². The van der Waals surface area contributed by atoms with Gasteiger partial charge in [0.1, 0.15) is 0 Å². The molecule has 3 aromatic rings. The standard InChI is InChI=1S/C19H15ClN2O/c1-13-4-2-3-5-17(13)22-19(23)11-10-16-9-7-14-6-8-15(20)12-18(14)21-16/h2-12H,1H3,(H,22,23)/b11-10+. The molecule has 1 amide bonds. The van der Waals surface area contributed by atoms with Crippen LogP contribution in [0.3, 0.4) is 0 Å². The number of hydrogen-bond acceptors (Lipinski definition) is 2. The summed E-state index contributed by atoms with van der Waals surface area (Å²) >= 11 is 5.98. The summed E-state index contributed by atoms with van der Waals surface area (Å²) < 4.78 is 0. The van der Waals surface area contributed by atoms with Crippen LogP contribution in [0.25, 0.3) is 17.0 Å². The third kappa shape index (κ3) is 3.76. The van der Waals surface area contributed by atoms with E-state index >= 15 is 0 Å². The van der Waals surface area contributed by atoms with Crippen molar-refractivity contribution >= 4 is 40.2 Å². The number of aryl methyl sites for hydroxylation is 1. The Kier molecular flexibility index (Phi) is 4.40. The minimum Gasteiger partial charge on any atom is -0.322 e. The van der Waals surface area contributed by atoms with Gasteiger partial charge in [-0.25, -0.2) is 4.98 Å². The van der Waals surface area contributed by atoms with Crippen molar-refractivity contribution < 1.29 is 4.79 Å². The minimum atomic E-state index is -0.188. The molecule has 2 aromatic carbocycles. The molecule has 0 unspecified atom stereocenters. The number of para-hydroxylation sites is 1. The largest absolute Gasteiger partial charge is 0.322 e. The van der Waals surface area contributed by atoms with Crippen molar-refractivity contribution in [2.24, 2.45) is 0 Å². The number of nitrogens with one attached hydrogen (secondary N) is 1. The Morgan fingerprint density at radius 2 is 1.91 bits per heavy atom. The van der Waals surface area contributed by atoms with Crippen molar-refractivity contribution in [3.05, 3.63) is 77.0 Å². The van der Waals surface area contributed by atoms with Crippen LogP contribution >= 0.6 is 11.6 Å². The Labute approximate surface area is 139 Å². The number of amides is 1. The quantitative estimate of drug-likeness (QED) is 0.700. The fourth-order valence-electron chi connectivity index (χ4n) is 2.25. The molecule has 0 fully saturated rings. The van der Waals surface area contributed by atoms with Gasteiger partial charge in [-0.2, -0.15) is 0 Å². The first-order valence-corrected chi connectivity index (χ1v) is 7.61. The van der Waals surface area contributed by atoms with Crippen molar-refractivity contribution in [3.8, 4) is 0 Å². The average molecular weight is 323 g/mol. The van der Waals surface area contributed by atoms with Crippen molar-refractivity contribution in [2.75, 3.05) is 5.32 Å². The van der Waals surface area contributed by atoms with Crippen LogP contribution in [0.4, 0.5) is 5.69 Å². The molecule has 1 aromatic heterocycles. The Morgan fingerprint density at radius 3 is 2.74 bits per heavy atom. The summed E-state index contributed by atoms with van der Waals surface area (Å²) in [5, 5.41) is 4.50. The molecule has 0 aliphatic carbocycles. The van der Waals surface area contributed by atoms with E-state index in [0.29, 0.717) is 10.7 Å². The van der Waals surface area contributed by atoms with Gasteiger partial charge in [0, 0.05) is 22.2 Å². The molecule has 4 heteroatoms. The Morgan fingerprint density at radius 1 is 1.13 bits per heavy atom. The van der Waals surface area contributed by atoms with Gasteiger partial charge in [-0.3, -0.25) is 4.79 Å². The second-order valence-electron chi connectivity index (χ2n) is 5.21. The molecular weight excluding hydrogens is 308 g/mol. The van der Waals surface area contributed by atoms with E-state index in [9.17, 15) is 4.79 Å². The Hall–Kier alpha value is -2.65. The van der Waals surface area contributed by atoms with Gasteiger partial charge >= 0.3 is 0 Å². The summed E-state index contributed by atoms with van der Waals surface area (Å²) in [4.78, 5) is 16.5. The number of halogens is 1. The second kappa shape index (κ2) is 6.63. The molecule has 0 spiro atoms. The summed E-state index contributed by atoms with van der Waals surface area (Å²) in [6.07, 6.45) is 3.17. The second-order valence-corrected chi connectivity index (χ2v) is 5.65. The Bertz CT molecular complexity index is 903. The maximum atomic E-state index is 12.0. The van der Waals surface area contributed by atoms with E-state index < -0.39 is 0 Å². The number of rotatable bonds is 3. The summed E-state index contributed by atoms with van der Waals surface area (Å²) in [5.41, 5.74) is 3.34. The van der Waals surface area contributed by atoms with E-state index in [-0.39, 0.29) is 5.91 Å². The van der Waals surface area contributed by atoms with Crippen LogP contribution in [-0.4, -0.2) is 10.9 Å². The van der Waals surface area contributed by atoms with Crippen molar-refractivity contribution in [1.29, 1.82) is 0 Å². The maximum Gasteiger partial charge on any atom is 0.248 e. The van der Waals surface area contributed by atoms with E-state index in [4.69, 9.17) is 11.6 Å². The maximum absolute atomic E-state index is 12.0. The van der Waals surface area contributed by atoms with E-state index in [1.807, 2.05) is 61.5 Å². The molecule has 0 radical (unpaired) electrons. The number of carbonyl (C=O) groups excluding carboxylic acids is 1. The van der Waals surface area contributed by atoms with Crippen LogP contribution in [0.1, 0.15) is 11.3 Å². The fraction of sp³-hybridized carbons (Fsp3) is 0.0526. The van der Waals surface area contributed by atoms with Crippen LogP contribution in [0.2, 0.25) is 5.02 Å². The van der Waals surface area contributed by atoms with Crippen molar-refractivity contribution in [1.82, 2.24) is 4.98 Å². The highest BCUT2D eigenvalue weighted by Crippen LogP contribution is 2.18. The predicted octanol–water partition coefficient (Wildman–Crippen LogP) is 4.85. The lowest BCUT2D eigenvalue weighted by Gasteiger charge is -2.05. The summed E-state index contributed by atoms with van der Waals surface area (Å²) in [6.45, 7) is 1.95. The zero-order valence-electron chi connectivity index (χ0n) is 12.6. The third-order valence-electron chi connectivity index (χ3n) is 3.48. The molecule has 1 N–H and O–H groups in total. The lowest BCUT2D eigenvalue weighted by molar-refractivity contribution is -0.111. The van der Waals surface area contributed by atoms with Gasteiger partial charge in [-0.1, -0.05) is 41.9 Å². The first-order valence-electron chi connectivity index (χ1n) is 7.23. The lowest BCUT2D eigenvalue weighted by Crippen LogP contribution is -2.08. The molecule has 0 aliphatic heterocycles. The first kappa shape index (κ1) is 15.3. The van der Waals surface area contributed by atoms with Crippen LogP contribution in [-0.2, 0) is 4.79 Å². The molecule has 114 valence electrons. The van der Waals surface area contributed by atoms with Crippen LogP contribution in [0.5, 0.6) is 0 Å². The molecule has 1 heterocycles. The zero-order chi connectivity index (χ0) is 16.2. The van der Waals surface area contributed by atoms with E-state index in [2.05, 4.69) is 10.3 Å². The number of anilines is 1. The summed E-state index contributed by atoms with van der Waals surface area (Å²) in [6, 6.07) is 17.0. The van der Waals surface area contributed by atoms with Gasteiger partial charge in [0.25, 0.3) is 0 Å². The van der Waals surface area contributed by atoms with Crippen LogP contribution in [0.15, 0.2) is 60.7 Å². The highest BCUT2D eigenvalue weighted by molar-refractivity contribution is 6.31. The molecule has 0 saturated heterocycles. The van der Waals surface area contributed by atoms with E-state index in [0.717, 1.165) is 22.2 Å². The molecule has 0 aliphatic rings. The van der Waals surface area contributed by atoms with E-state index in [1.54, 1.807) is 6.08 Å². The zero-order valence-corrected chi connectivity index (χ0v) is 13.3. The molecular formula is C19H15ClN2O.